The molecule has 0 aliphatic rings. The first-order chi connectivity index (χ1) is 13.1. The van der Waals surface area contributed by atoms with Gasteiger partial charge in [0.15, 0.2) is 5.16 Å². The Kier molecular flexibility index (Phi) is 6.19. The number of amides is 1. The number of hydrogen-bond acceptors (Lipinski definition) is 4. The Morgan fingerprint density at radius 2 is 1.89 bits per heavy atom. The number of carbonyl (C=O) groups excluding carboxylic acids is 1. The molecule has 1 heterocycles. The van der Waals surface area contributed by atoms with E-state index in [-0.39, 0.29) is 11.2 Å². The number of hydrogen-bond donors (Lipinski definition) is 1. The van der Waals surface area contributed by atoms with E-state index in [1.807, 2.05) is 86.3 Å². The molecule has 0 saturated carbocycles. The summed E-state index contributed by atoms with van der Waals surface area (Å²) in [6, 6.07) is 17.5. The topological polar surface area (TPSA) is 56.1 Å². The molecule has 140 valence electrons. The number of imidazole rings is 1. The molecule has 0 saturated heterocycles. The van der Waals surface area contributed by atoms with Crippen LogP contribution in [0.25, 0.3) is 11.3 Å². The van der Waals surface area contributed by atoms with Crippen molar-refractivity contribution >= 4 is 23.4 Å². The third kappa shape index (κ3) is 4.52. The van der Waals surface area contributed by atoms with Crippen molar-refractivity contribution in [3.05, 3.63) is 60.8 Å². The van der Waals surface area contributed by atoms with Gasteiger partial charge in [0.05, 0.1) is 29.4 Å². The van der Waals surface area contributed by atoms with Crippen LogP contribution in [-0.4, -0.2) is 27.3 Å². The molecular formula is C21H23N3O2S. The molecule has 5 nitrogen and oxygen atoms in total. The lowest BCUT2D eigenvalue weighted by Crippen LogP contribution is -2.23. The SMILES string of the molecule is CCOc1ccccc1NC(=O)C(C)Sc1ncc(-c2ccccc2)n1C. The van der Waals surface area contributed by atoms with Crippen LogP contribution >= 0.6 is 11.8 Å². The standard InChI is InChI=1S/C21H23N3O2S/c1-4-26-19-13-9-8-12-17(19)23-20(25)15(2)27-21-22-14-18(24(21)3)16-10-6-5-7-11-16/h5-15H,4H2,1-3H3,(H,23,25). The number of rotatable bonds is 7. The normalized spacial score (nSPS) is 11.8. The van der Waals surface area contributed by atoms with E-state index in [1.165, 1.54) is 11.8 Å². The second-order valence-electron chi connectivity index (χ2n) is 6.03. The van der Waals surface area contributed by atoms with Crippen molar-refractivity contribution < 1.29 is 9.53 Å². The van der Waals surface area contributed by atoms with Crippen molar-refractivity contribution in [1.29, 1.82) is 0 Å². The molecule has 0 aliphatic carbocycles. The Labute approximate surface area is 163 Å². The van der Waals surface area contributed by atoms with Crippen LogP contribution in [0, 0.1) is 0 Å². The fraction of sp³-hybridized carbons (Fsp3) is 0.238. The lowest BCUT2D eigenvalue weighted by molar-refractivity contribution is -0.115. The minimum absolute atomic E-state index is 0.0867. The first-order valence-electron chi connectivity index (χ1n) is 8.86. The monoisotopic (exact) mass is 381 g/mol. The maximum Gasteiger partial charge on any atom is 0.237 e. The van der Waals surface area contributed by atoms with Gasteiger partial charge in [-0.3, -0.25) is 4.79 Å². The molecule has 0 aliphatic heterocycles. The van der Waals surface area contributed by atoms with Crippen LogP contribution in [0.1, 0.15) is 13.8 Å². The average Bonchev–Trinajstić information content (AvgIpc) is 3.04. The van der Waals surface area contributed by atoms with Crippen molar-refractivity contribution in [1.82, 2.24) is 9.55 Å². The number of ether oxygens (including phenoxy) is 1. The van der Waals surface area contributed by atoms with Crippen LogP contribution in [0.5, 0.6) is 5.75 Å². The lowest BCUT2D eigenvalue weighted by Gasteiger charge is -2.15. The zero-order valence-corrected chi connectivity index (χ0v) is 16.5. The van der Waals surface area contributed by atoms with Gasteiger partial charge in [0.2, 0.25) is 5.91 Å². The summed E-state index contributed by atoms with van der Waals surface area (Å²) in [5.74, 6) is 0.588. The van der Waals surface area contributed by atoms with E-state index in [4.69, 9.17) is 4.74 Å². The van der Waals surface area contributed by atoms with E-state index in [1.54, 1.807) is 0 Å². The number of thioether (sulfide) groups is 1. The second kappa shape index (κ2) is 8.77. The van der Waals surface area contributed by atoms with E-state index in [9.17, 15) is 4.79 Å². The molecular weight excluding hydrogens is 358 g/mol. The van der Waals surface area contributed by atoms with E-state index in [0.29, 0.717) is 18.0 Å². The third-order valence-corrected chi connectivity index (χ3v) is 5.27. The van der Waals surface area contributed by atoms with E-state index >= 15 is 0 Å². The Hall–Kier alpha value is -2.73. The minimum Gasteiger partial charge on any atom is -0.492 e. The molecule has 0 fully saturated rings. The molecule has 1 unspecified atom stereocenters. The average molecular weight is 382 g/mol. The van der Waals surface area contributed by atoms with Gasteiger partial charge in [-0.2, -0.15) is 0 Å². The van der Waals surface area contributed by atoms with Gasteiger partial charge in [0, 0.05) is 7.05 Å². The number of anilines is 1. The molecule has 27 heavy (non-hydrogen) atoms. The summed E-state index contributed by atoms with van der Waals surface area (Å²) in [6.07, 6.45) is 1.84. The predicted molar refractivity (Wildman–Crippen MR) is 110 cm³/mol. The van der Waals surface area contributed by atoms with Crippen molar-refractivity contribution in [2.24, 2.45) is 7.05 Å². The van der Waals surface area contributed by atoms with Gasteiger partial charge in [0.1, 0.15) is 5.75 Å². The summed E-state index contributed by atoms with van der Waals surface area (Å²) in [5.41, 5.74) is 2.80. The molecule has 3 aromatic rings. The molecule has 3 rings (SSSR count). The van der Waals surface area contributed by atoms with E-state index in [2.05, 4.69) is 10.3 Å². The first kappa shape index (κ1) is 19.0. The number of nitrogens with one attached hydrogen (secondary N) is 1. The van der Waals surface area contributed by atoms with Crippen LogP contribution in [0.2, 0.25) is 0 Å². The summed E-state index contributed by atoms with van der Waals surface area (Å²) in [6.45, 7) is 4.34. The van der Waals surface area contributed by atoms with Gasteiger partial charge in [-0.1, -0.05) is 54.2 Å². The minimum atomic E-state index is -0.301. The van der Waals surface area contributed by atoms with Crippen molar-refractivity contribution in [3.8, 4) is 17.0 Å². The Morgan fingerprint density at radius 1 is 1.19 bits per heavy atom. The fourth-order valence-electron chi connectivity index (χ4n) is 2.68. The quantitative estimate of drug-likeness (QED) is 0.608. The summed E-state index contributed by atoms with van der Waals surface area (Å²) >= 11 is 1.43. The Balaban J connectivity index is 1.70. The summed E-state index contributed by atoms with van der Waals surface area (Å²) in [4.78, 5) is 17.1. The maximum absolute atomic E-state index is 12.6. The van der Waals surface area contributed by atoms with Crippen molar-refractivity contribution in [2.45, 2.75) is 24.3 Å². The Morgan fingerprint density at radius 3 is 2.63 bits per heavy atom. The smallest absolute Gasteiger partial charge is 0.237 e. The highest BCUT2D eigenvalue weighted by Crippen LogP contribution is 2.29. The molecule has 1 amide bonds. The van der Waals surface area contributed by atoms with E-state index < -0.39 is 0 Å². The molecule has 6 heteroatoms. The first-order valence-corrected chi connectivity index (χ1v) is 9.74. The van der Waals surface area contributed by atoms with Gasteiger partial charge >= 0.3 is 0 Å². The second-order valence-corrected chi connectivity index (χ2v) is 7.34. The van der Waals surface area contributed by atoms with Crippen molar-refractivity contribution in [2.75, 3.05) is 11.9 Å². The molecule has 0 spiro atoms. The predicted octanol–water partition coefficient (Wildman–Crippen LogP) is 4.61. The third-order valence-electron chi connectivity index (χ3n) is 4.11. The van der Waals surface area contributed by atoms with Gasteiger partial charge < -0.3 is 14.6 Å². The maximum atomic E-state index is 12.6. The fourth-order valence-corrected chi connectivity index (χ4v) is 3.53. The summed E-state index contributed by atoms with van der Waals surface area (Å²) in [7, 11) is 1.96. The van der Waals surface area contributed by atoms with E-state index in [0.717, 1.165) is 16.4 Å². The zero-order valence-electron chi connectivity index (χ0n) is 15.7. The highest BCUT2D eigenvalue weighted by molar-refractivity contribution is 8.00. The van der Waals surface area contributed by atoms with Crippen LogP contribution in [-0.2, 0) is 11.8 Å². The lowest BCUT2D eigenvalue weighted by atomic mass is 10.2. The zero-order chi connectivity index (χ0) is 19.2. The molecule has 0 bridgehead atoms. The van der Waals surface area contributed by atoms with Gasteiger partial charge in [-0.15, -0.1) is 0 Å². The van der Waals surface area contributed by atoms with Gasteiger partial charge in [-0.05, 0) is 31.5 Å². The molecule has 0 radical (unpaired) electrons. The summed E-state index contributed by atoms with van der Waals surface area (Å²) in [5, 5.41) is 3.45. The van der Waals surface area contributed by atoms with Crippen LogP contribution in [0.3, 0.4) is 0 Å². The van der Waals surface area contributed by atoms with Crippen LogP contribution in [0.15, 0.2) is 66.0 Å². The number of benzene rings is 2. The summed E-state index contributed by atoms with van der Waals surface area (Å²) < 4.78 is 7.58. The number of carbonyl (C=O) groups is 1. The molecule has 1 N–H and O–H groups in total. The molecule has 1 aromatic heterocycles. The van der Waals surface area contributed by atoms with Crippen molar-refractivity contribution in [3.63, 3.8) is 0 Å². The van der Waals surface area contributed by atoms with Crippen LogP contribution in [0.4, 0.5) is 5.69 Å². The Bertz CT molecular complexity index is 909. The van der Waals surface area contributed by atoms with Gasteiger partial charge in [-0.25, -0.2) is 4.98 Å². The highest BCUT2D eigenvalue weighted by Gasteiger charge is 2.19. The molecule has 2 aromatic carbocycles. The largest absolute Gasteiger partial charge is 0.492 e. The number of para-hydroxylation sites is 2. The number of nitrogens with zero attached hydrogens (tertiary/aromatic N) is 2. The number of aromatic nitrogens is 2. The highest BCUT2D eigenvalue weighted by atomic mass is 32.2. The van der Waals surface area contributed by atoms with Gasteiger partial charge in [0.25, 0.3) is 0 Å². The van der Waals surface area contributed by atoms with Crippen LogP contribution < -0.4 is 10.1 Å². The molecule has 1 atom stereocenters.